The van der Waals surface area contributed by atoms with Crippen LogP contribution in [0.2, 0.25) is 0 Å². The van der Waals surface area contributed by atoms with E-state index in [4.69, 9.17) is 4.42 Å². The van der Waals surface area contributed by atoms with Crippen molar-refractivity contribution in [3.05, 3.63) is 138 Å². The molecule has 3 nitrogen and oxygen atoms in total. The molecule has 7 aromatic carbocycles. The predicted octanol–water partition coefficient (Wildman–Crippen LogP) is 14.2. The maximum atomic E-state index is 7.26. The molecule has 0 N–H and O–H groups in total. The lowest BCUT2D eigenvalue weighted by atomic mass is 9.43. The number of rotatable bonds is 1. The van der Waals surface area contributed by atoms with Crippen molar-refractivity contribution in [1.29, 1.82) is 0 Å². The third-order valence-corrected chi connectivity index (χ3v) is 14.6. The van der Waals surface area contributed by atoms with Gasteiger partial charge < -0.3 is 13.8 Å². The van der Waals surface area contributed by atoms with Gasteiger partial charge in [0.15, 0.2) is 0 Å². The Morgan fingerprint density at radius 1 is 0.542 bits per heavy atom. The first-order valence-electron chi connectivity index (χ1n) is 21.1. The fourth-order valence-corrected chi connectivity index (χ4v) is 11.5. The quantitative estimate of drug-likeness (QED) is 0.155. The van der Waals surface area contributed by atoms with Crippen LogP contribution in [0.15, 0.2) is 126 Å². The zero-order chi connectivity index (χ0) is 40.5. The van der Waals surface area contributed by atoms with Gasteiger partial charge in [-0.1, -0.05) is 129 Å². The van der Waals surface area contributed by atoms with Crippen LogP contribution in [0.4, 0.5) is 11.4 Å². The number of fused-ring (bicyclic) bond motifs is 16. The minimum absolute atomic E-state index is 0.0136. The molecule has 3 aromatic heterocycles. The number of anilines is 2. The number of nitrogens with zero attached hydrogens (tertiary/aromatic N) is 2. The Balaban J connectivity index is 1.34. The molecule has 0 radical (unpaired) electrons. The molecular weight excluding hydrogens is 735 g/mol. The van der Waals surface area contributed by atoms with Crippen LogP contribution in [0.25, 0.3) is 80.7 Å². The summed E-state index contributed by atoms with van der Waals surface area (Å²) >= 11 is 1.89. The van der Waals surface area contributed by atoms with Crippen LogP contribution in [0.3, 0.4) is 0 Å². The molecule has 5 heterocycles. The van der Waals surface area contributed by atoms with Gasteiger partial charge in [-0.05, 0) is 98.5 Å². The Morgan fingerprint density at radius 2 is 1.20 bits per heavy atom. The zero-order valence-electron chi connectivity index (χ0n) is 35.3. The average Bonchev–Trinajstić information content (AvgIpc) is 3.87. The van der Waals surface area contributed by atoms with Crippen molar-refractivity contribution in [3.63, 3.8) is 0 Å². The second kappa shape index (κ2) is 11.5. The number of furan rings is 1. The third-order valence-electron chi connectivity index (χ3n) is 13.4. The topological polar surface area (TPSA) is 21.3 Å². The molecule has 0 saturated heterocycles. The van der Waals surface area contributed by atoms with Gasteiger partial charge in [0.2, 0.25) is 0 Å². The van der Waals surface area contributed by atoms with E-state index >= 15 is 0 Å². The van der Waals surface area contributed by atoms with Crippen molar-refractivity contribution in [2.45, 2.75) is 78.6 Å². The molecule has 0 bridgehead atoms. The number of hydrogen-bond acceptors (Lipinski definition) is 3. The third kappa shape index (κ3) is 4.77. The lowest BCUT2D eigenvalue weighted by Crippen LogP contribution is -2.60. The number of benzene rings is 7. The highest BCUT2D eigenvalue weighted by atomic mass is 32.1. The highest BCUT2D eigenvalue weighted by molar-refractivity contribution is 7.25. The summed E-state index contributed by atoms with van der Waals surface area (Å²) in [6.07, 6.45) is 0. The largest absolute Gasteiger partial charge is 0.455 e. The van der Waals surface area contributed by atoms with E-state index in [1.54, 1.807) is 0 Å². The molecule has 0 atom stereocenters. The Kier molecular flexibility index (Phi) is 6.85. The summed E-state index contributed by atoms with van der Waals surface area (Å²) in [6, 6.07) is 46.5. The summed E-state index contributed by atoms with van der Waals surface area (Å²) in [6.45, 7) is 20.8. The molecule has 59 heavy (non-hydrogen) atoms. The molecule has 0 aliphatic carbocycles. The van der Waals surface area contributed by atoms with Gasteiger partial charge >= 0.3 is 6.85 Å². The average molecular weight is 783 g/mol. The van der Waals surface area contributed by atoms with E-state index in [0.29, 0.717) is 0 Å². The molecule has 2 aliphatic rings. The second-order valence-electron chi connectivity index (χ2n) is 20.2. The van der Waals surface area contributed by atoms with Crippen LogP contribution in [-0.4, -0.2) is 11.4 Å². The summed E-state index contributed by atoms with van der Waals surface area (Å²) < 4.78 is 12.5. The van der Waals surface area contributed by atoms with Crippen LogP contribution in [0.5, 0.6) is 0 Å². The van der Waals surface area contributed by atoms with E-state index in [0.717, 1.165) is 11.2 Å². The predicted molar refractivity (Wildman–Crippen MR) is 256 cm³/mol. The molecule has 0 unspecified atom stereocenters. The molecule has 12 rings (SSSR count). The highest BCUT2D eigenvalue weighted by Crippen LogP contribution is 2.53. The molecule has 0 spiro atoms. The van der Waals surface area contributed by atoms with Gasteiger partial charge in [-0.25, -0.2) is 0 Å². The number of thiophene rings is 1. The summed E-state index contributed by atoms with van der Waals surface area (Å²) in [5.74, 6) is 0. The van der Waals surface area contributed by atoms with Gasteiger partial charge in [0.1, 0.15) is 11.2 Å². The first-order valence-corrected chi connectivity index (χ1v) is 21.9. The van der Waals surface area contributed by atoms with Crippen LogP contribution in [0.1, 0.15) is 79.0 Å². The molecular formula is C54H47BN2OS. The van der Waals surface area contributed by atoms with Gasteiger partial charge in [0.25, 0.3) is 0 Å². The SMILES string of the molecule is CC(C)(C)c1ccc(N2B3c4cc(C(C)(C)C)ccc4-n4c5ccc(C(C)(C)C)cc5c5c6c(oc7ccccc76)c(c3c54)-c3cc4c(cc32)sc2ccccc24)cc1. The summed E-state index contributed by atoms with van der Waals surface area (Å²) in [4.78, 5) is 2.68. The fourth-order valence-electron chi connectivity index (χ4n) is 10.3. The van der Waals surface area contributed by atoms with E-state index in [2.05, 4.69) is 193 Å². The lowest BCUT2D eigenvalue weighted by molar-refractivity contribution is 0.590. The number of hydrogen-bond donors (Lipinski definition) is 0. The van der Waals surface area contributed by atoms with Crippen LogP contribution < -0.4 is 15.7 Å². The second-order valence-corrected chi connectivity index (χ2v) is 21.3. The molecule has 10 aromatic rings. The van der Waals surface area contributed by atoms with Gasteiger partial charge in [0.05, 0.1) is 11.0 Å². The van der Waals surface area contributed by atoms with Gasteiger partial charge in [0, 0.05) is 69.9 Å². The maximum absolute atomic E-state index is 7.26. The summed E-state index contributed by atoms with van der Waals surface area (Å²) in [5.41, 5.74) is 17.2. The van der Waals surface area contributed by atoms with E-state index in [1.807, 2.05) is 11.3 Å². The first-order chi connectivity index (χ1) is 28.2. The van der Waals surface area contributed by atoms with Crippen molar-refractivity contribution in [2.24, 2.45) is 0 Å². The Labute approximate surface area is 350 Å². The monoisotopic (exact) mass is 782 g/mol. The van der Waals surface area contributed by atoms with E-state index in [9.17, 15) is 0 Å². The van der Waals surface area contributed by atoms with Crippen molar-refractivity contribution in [2.75, 3.05) is 4.81 Å². The normalized spacial score (nSPS) is 14.1. The van der Waals surface area contributed by atoms with Crippen molar-refractivity contribution in [1.82, 2.24) is 4.57 Å². The molecule has 2 aliphatic heterocycles. The fraction of sp³-hybridized carbons (Fsp3) is 0.222. The Morgan fingerprint density at radius 3 is 1.95 bits per heavy atom. The van der Waals surface area contributed by atoms with Gasteiger partial charge in [-0.15, -0.1) is 11.3 Å². The number of para-hydroxylation sites is 1. The minimum Gasteiger partial charge on any atom is -0.455 e. The Hall–Kier alpha value is -5.78. The van der Waals surface area contributed by atoms with E-state index < -0.39 is 0 Å². The van der Waals surface area contributed by atoms with E-state index in [-0.39, 0.29) is 23.1 Å². The van der Waals surface area contributed by atoms with Crippen molar-refractivity contribution < 1.29 is 4.42 Å². The smallest absolute Gasteiger partial charge is 0.333 e. The molecule has 0 saturated carbocycles. The molecule has 0 amide bonds. The lowest BCUT2D eigenvalue weighted by Gasteiger charge is -2.42. The molecule has 5 heteroatoms. The van der Waals surface area contributed by atoms with Crippen LogP contribution in [-0.2, 0) is 16.2 Å². The summed E-state index contributed by atoms with van der Waals surface area (Å²) in [7, 11) is 0. The number of aromatic nitrogens is 1. The minimum atomic E-state index is -0.110. The van der Waals surface area contributed by atoms with Gasteiger partial charge in [-0.3, -0.25) is 0 Å². The van der Waals surface area contributed by atoms with Crippen LogP contribution >= 0.6 is 11.3 Å². The standard InChI is InChI=1S/C54H47BN2OS/c1-52(2,3)30-18-22-33(23-19-30)57-42-29-45-36(34-14-11-13-17-44(34)59-45)28-38(42)48-49-50-46(47-35-15-10-12-16-43(35)58-51(47)48)37-26-31(53(4,5)6)20-24-40(37)56(50)41-25-21-32(54(7,8)9)27-39(41)55(49)57/h10-29H,1-9H3. The highest BCUT2D eigenvalue weighted by Gasteiger charge is 2.46. The summed E-state index contributed by atoms with van der Waals surface area (Å²) in [5, 5.41) is 7.54. The van der Waals surface area contributed by atoms with Gasteiger partial charge in [-0.2, -0.15) is 0 Å². The van der Waals surface area contributed by atoms with Crippen molar-refractivity contribution >= 4 is 104 Å². The zero-order valence-corrected chi connectivity index (χ0v) is 36.2. The molecule has 0 fully saturated rings. The van der Waals surface area contributed by atoms with Crippen LogP contribution in [0, 0.1) is 0 Å². The molecule has 288 valence electrons. The first kappa shape index (κ1) is 35.2. The van der Waals surface area contributed by atoms with E-state index in [1.165, 1.54) is 109 Å². The Bertz CT molecular complexity index is 3450. The maximum Gasteiger partial charge on any atom is 0.333 e. The van der Waals surface area contributed by atoms with Crippen molar-refractivity contribution in [3.8, 4) is 16.8 Å².